The first-order valence-corrected chi connectivity index (χ1v) is 7.78. The Morgan fingerprint density at radius 2 is 2.32 bits per heavy atom. The number of nitrogens with zero attached hydrogens (tertiary/aromatic N) is 2. The quantitative estimate of drug-likeness (QED) is 0.851. The zero-order valence-corrected chi connectivity index (χ0v) is 12.2. The summed E-state index contributed by atoms with van der Waals surface area (Å²) < 4.78 is 0. The molecule has 0 aliphatic carbocycles. The summed E-state index contributed by atoms with van der Waals surface area (Å²) in [6, 6.07) is 0.281. The van der Waals surface area contributed by atoms with Crippen LogP contribution >= 0.6 is 11.3 Å². The molecule has 0 atom stereocenters. The number of hydrogen-bond acceptors (Lipinski definition) is 5. The van der Waals surface area contributed by atoms with Crippen LogP contribution in [0.4, 0.5) is 0 Å². The van der Waals surface area contributed by atoms with Gasteiger partial charge in [-0.1, -0.05) is 6.92 Å². The highest BCUT2D eigenvalue weighted by molar-refractivity contribution is 7.09. The molecular formula is C13H22N4OS. The van der Waals surface area contributed by atoms with Gasteiger partial charge < -0.3 is 16.0 Å². The fourth-order valence-corrected chi connectivity index (χ4v) is 3.04. The molecule has 2 heterocycles. The zero-order valence-electron chi connectivity index (χ0n) is 11.4. The molecule has 0 spiro atoms. The van der Waals surface area contributed by atoms with Crippen LogP contribution in [0.2, 0.25) is 0 Å². The summed E-state index contributed by atoms with van der Waals surface area (Å²) in [5, 5.41) is 5.66. The Morgan fingerprint density at radius 3 is 2.89 bits per heavy atom. The van der Waals surface area contributed by atoms with Crippen molar-refractivity contribution >= 4 is 17.2 Å². The van der Waals surface area contributed by atoms with Crippen LogP contribution in [0, 0.1) is 0 Å². The van der Waals surface area contributed by atoms with Crippen molar-refractivity contribution in [2.75, 3.05) is 19.6 Å². The van der Waals surface area contributed by atoms with Crippen LogP contribution in [0.15, 0.2) is 5.38 Å². The van der Waals surface area contributed by atoms with Crippen molar-refractivity contribution < 1.29 is 4.79 Å². The number of piperidine rings is 1. The third-order valence-corrected chi connectivity index (χ3v) is 4.29. The van der Waals surface area contributed by atoms with E-state index in [0.717, 1.165) is 37.5 Å². The van der Waals surface area contributed by atoms with E-state index in [-0.39, 0.29) is 11.9 Å². The van der Waals surface area contributed by atoms with E-state index in [1.54, 1.807) is 5.38 Å². The van der Waals surface area contributed by atoms with Crippen LogP contribution in [0.5, 0.6) is 0 Å². The molecule has 1 saturated heterocycles. The molecule has 1 amide bonds. The highest BCUT2D eigenvalue weighted by Gasteiger charge is 2.21. The van der Waals surface area contributed by atoms with Crippen molar-refractivity contribution in [2.24, 2.45) is 5.73 Å². The first-order valence-electron chi connectivity index (χ1n) is 6.90. The predicted octanol–water partition coefficient (Wildman–Crippen LogP) is 1.21. The molecule has 0 bridgehead atoms. The van der Waals surface area contributed by atoms with E-state index < -0.39 is 0 Å². The van der Waals surface area contributed by atoms with Crippen LogP contribution in [-0.4, -0.2) is 41.5 Å². The summed E-state index contributed by atoms with van der Waals surface area (Å²) >= 11 is 1.44. The first-order chi connectivity index (χ1) is 9.22. The SMILES string of the molecule is CCCN1CCC(NC(=O)c2csc(CN)n2)CC1. The highest BCUT2D eigenvalue weighted by Crippen LogP contribution is 2.13. The average molecular weight is 282 g/mol. The van der Waals surface area contributed by atoms with E-state index >= 15 is 0 Å². The number of aromatic nitrogens is 1. The maximum atomic E-state index is 12.0. The standard InChI is InChI=1S/C13H22N4OS/c1-2-5-17-6-3-10(4-7-17)15-13(18)11-9-19-12(8-14)16-11/h9-10H,2-8,14H2,1H3,(H,15,18). The van der Waals surface area contributed by atoms with E-state index in [0.29, 0.717) is 12.2 Å². The molecule has 1 aromatic heterocycles. The predicted molar refractivity (Wildman–Crippen MR) is 77.2 cm³/mol. The number of rotatable bonds is 5. The summed E-state index contributed by atoms with van der Waals surface area (Å²) in [6.45, 7) is 5.90. The summed E-state index contributed by atoms with van der Waals surface area (Å²) in [4.78, 5) is 18.7. The van der Waals surface area contributed by atoms with Gasteiger partial charge in [0.15, 0.2) is 0 Å². The number of hydrogen-bond donors (Lipinski definition) is 2. The number of carbonyl (C=O) groups is 1. The molecule has 1 aromatic rings. The second-order valence-corrected chi connectivity index (χ2v) is 5.86. The zero-order chi connectivity index (χ0) is 13.7. The van der Waals surface area contributed by atoms with Gasteiger partial charge in [-0.25, -0.2) is 4.98 Å². The lowest BCUT2D eigenvalue weighted by Gasteiger charge is -2.31. The third-order valence-electron chi connectivity index (χ3n) is 3.42. The summed E-state index contributed by atoms with van der Waals surface area (Å²) in [7, 11) is 0. The van der Waals surface area contributed by atoms with Gasteiger partial charge in [0.05, 0.1) is 0 Å². The molecule has 5 nitrogen and oxygen atoms in total. The van der Waals surface area contributed by atoms with Gasteiger partial charge in [-0.15, -0.1) is 11.3 Å². The molecule has 0 unspecified atom stereocenters. The van der Waals surface area contributed by atoms with E-state index in [9.17, 15) is 4.79 Å². The molecule has 106 valence electrons. The monoisotopic (exact) mass is 282 g/mol. The van der Waals surface area contributed by atoms with E-state index in [1.807, 2.05) is 0 Å². The van der Waals surface area contributed by atoms with Gasteiger partial charge in [-0.3, -0.25) is 4.79 Å². The van der Waals surface area contributed by atoms with E-state index in [1.165, 1.54) is 17.8 Å². The molecule has 0 radical (unpaired) electrons. The molecule has 0 aromatic carbocycles. The van der Waals surface area contributed by atoms with E-state index in [4.69, 9.17) is 5.73 Å². The van der Waals surface area contributed by atoms with Crippen LogP contribution in [0.3, 0.4) is 0 Å². The first kappa shape index (κ1) is 14.4. The molecule has 1 aliphatic rings. The summed E-state index contributed by atoms with van der Waals surface area (Å²) in [6.07, 6.45) is 3.25. The second-order valence-electron chi connectivity index (χ2n) is 4.92. The Balaban J connectivity index is 1.80. The van der Waals surface area contributed by atoms with Crippen LogP contribution in [-0.2, 0) is 6.54 Å². The Labute approximate surface area is 118 Å². The van der Waals surface area contributed by atoms with Gasteiger partial charge in [0.2, 0.25) is 0 Å². The Morgan fingerprint density at radius 1 is 1.58 bits per heavy atom. The second kappa shape index (κ2) is 6.98. The largest absolute Gasteiger partial charge is 0.348 e. The molecule has 0 saturated carbocycles. The Kier molecular flexibility index (Phi) is 5.30. The topological polar surface area (TPSA) is 71.2 Å². The average Bonchev–Trinajstić information content (AvgIpc) is 2.90. The smallest absolute Gasteiger partial charge is 0.270 e. The van der Waals surface area contributed by atoms with Gasteiger partial charge in [0, 0.05) is 31.1 Å². The van der Waals surface area contributed by atoms with Gasteiger partial charge in [0.25, 0.3) is 5.91 Å². The van der Waals surface area contributed by atoms with E-state index in [2.05, 4.69) is 22.1 Å². The van der Waals surface area contributed by atoms with Gasteiger partial charge in [0.1, 0.15) is 10.7 Å². The fourth-order valence-electron chi connectivity index (χ4n) is 2.39. The minimum atomic E-state index is -0.0649. The van der Waals surface area contributed by atoms with Gasteiger partial charge in [-0.05, 0) is 25.8 Å². The van der Waals surface area contributed by atoms with Gasteiger partial charge in [-0.2, -0.15) is 0 Å². The molecule has 6 heteroatoms. The molecular weight excluding hydrogens is 260 g/mol. The number of likely N-dealkylation sites (tertiary alicyclic amines) is 1. The normalized spacial score (nSPS) is 17.6. The minimum Gasteiger partial charge on any atom is -0.348 e. The summed E-state index contributed by atoms with van der Waals surface area (Å²) in [5.41, 5.74) is 6.00. The van der Waals surface area contributed by atoms with Crippen molar-refractivity contribution in [3.05, 3.63) is 16.1 Å². The number of nitrogens with one attached hydrogen (secondary N) is 1. The maximum Gasteiger partial charge on any atom is 0.270 e. The highest BCUT2D eigenvalue weighted by atomic mass is 32.1. The maximum absolute atomic E-state index is 12.0. The molecule has 19 heavy (non-hydrogen) atoms. The van der Waals surface area contributed by atoms with Crippen molar-refractivity contribution in [1.29, 1.82) is 0 Å². The van der Waals surface area contributed by atoms with Crippen molar-refractivity contribution in [3.63, 3.8) is 0 Å². The molecule has 2 rings (SSSR count). The van der Waals surface area contributed by atoms with Crippen molar-refractivity contribution in [1.82, 2.24) is 15.2 Å². The molecule has 3 N–H and O–H groups in total. The molecule has 1 fully saturated rings. The Bertz CT molecular complexity index is 413. The number of nitrogens with two attached hydrogens (primary N) is 1. The van der Waals surface area contributed by atoms with Crippen molar-refractivity contribution in [2.45, 2.75) is 38.8 Å². The molecule has 1 aliphatic heterocycles. The minimum absolute atomic E-state index is 0.0649. The fraction of sp³-hybridized carbons (Fsp3) is 0.692. The number of thiazole rings is 1. The Hall–Kier alpha value is -0.980. The van der Waals surface area contributed by atoms with Gasteiger partial charge >= 0.3 is 0 Å². The summed E-state index contributed by atoms with van der Waals surface area (Å²) in [5.74, 6) is -0.0649. The van der Waals surface area contributed by atoms with Crippen molar-refractivity contribution in [3.8, 4) is 0 Å². The third kappa shape index (κ3) is 3.99. The lowest BCUT2D eigenvalue weighted by molar-refractivity contribution is 0.0906. The van der Waals surface area contributed by atoms with Crippen LogP contribution in [0.1, 0.15) is 41.7 Å². The van der Waals surface area contributed by atoms with Crippen LogP contribution < -0.4 is 11.1 Å². The lowest BCUT2D eigenvalue weighted by Crippen LogP contribution is -2.44. The number of carbonyl (C=O) groups excluding carboxylic acids is 1. The lowest BCUT2D eigenvalue weighted by atomic mass is 10.0. The van der Waals surface area contributed by atoms with Crippen LogP contribution in [0.25, 0.3) is 0 Å². The number of amides is 1.